The van der Waals surface area contributed by atoms with Crippen molar-refractivity contribution in [3.8, 4) is 0 Å². The van der Waals surface area contributed by atoms with Crippen molar-refractivity contribution in [2.45, 2.75) is 0 Å². The van der Waals surface area contributed by atoms with Gasteiger partial charge in [0.15, 0.2) is 0 Å². The summed E-state index contributed by atoms with van der Waals surface area (Å²) >= 11 is 0. The van der Waals surface area contributed by atoms with Gasteiger partial charge in [0.25, 0.3) is 0 Å². The van der Waals surface area contributed by atoms with Crippen LogP contribution in [0, 0.1) is 0 Å². The number of rotatable bonds is 3. The van der Waals surface area contributed by atoms with E-state index in [4.69, 9.17) is 5.11 Å². The minimum atomic E-state index is -1.05. The standard InChI is InChI=1S/C13H9NO3/c15-12(11-6-1-2-7-14-11)9-4-3-5-10(8-9)13(16)17/h1-8H,(H,16,17). The van der Waals surface area contributed by atoms with Crippen molar-refractivity contribution >= 4 is 11.8 Å². The van der Waals surface area contributed by atoms with E-state index in [2.05, 4.69) is 4.98 Å². The third kappa shape index (κ3) is 2.36. The lowest BCUT2D eigenvalue weighted by atomic mass is 10.0. The number of hydrogen-bond acceptors (Lipinski definition) is 3. The van der Waals surface area contributed by atoms with Crippen LogP contribution in [0.15, 0.2) is 48.7 Å². The minimum absolute atomic E-state index is 0.0896. The Hall–Kier alpha value is -2.49. The van der Waals surface area contributed by atoms with Crippen LogP contribution >= 0.6 is 0 Å². The first kappa shape index (κ1) is 11.0. The molecule has 17 heavy (non-hydrogen) atoms. The highest BCUT2D eigenvalue weighted by molar-refractivity contribution is 6.08. The Labute approximate surface area is 97.6 Å². The molecule has 84 valence electrons. The van der Waals surface area contributed by atoms with E-state index in [0.717, 1.165) is 0 Å². The van der Waals surface area contributed by atoms with Gasteiger partial charge in [0.05, 0.1) is 5.56 Å². The Bertz CT molecular complexity index is 564. The van der Waals surface area contributed by atoms with E-state index in [-0.39, 0.29) is 11.3 Å². The molecule has 0 bridgehead atoms. The maximum Gasteiger partial charge on any atom is 0.335 e. The van der Waals surface area contributed by atoms with Crippen molar-refractivity contribution < 1.29 is 14.7 Å². The predicted molar refractivity (Wildman–Crippen MR) is 61.1 cm³/mol. The van der Waals surface area contributed by atoms with Gasteiger partial charge in [-0.15, -0.1) is 0 Å². The van der Waals surface area contributed by atoms with Crippen molar-refractivity contribution in [3.05, 3.63) is 65.5 Å². The molecule has 0 amide bonds. The van der Waals surface area contributed by atoms with Gasteiger partial charge in [-0.05, 0) is 24.3 Å². The summed E-state index contributed by atoms with van der Waals surface area (Å²) < 4.78 is 0. The normalized spacial score (nSPS) is 9.88. The van der Waals surface area contributed by atoms with Crippen LogP contribution < -0.4 is 0 Å². The number of benzene rings is 1. The smallest absolute Gasteiger partial charge is 0.335 e. The second kappa shape index (κ2) is 4.57. The fourth-order valence-corrected chi connectivity index (χ4v) is 1.44. The molecule has 0 aliphatic heterocycles. The van der Waals surface area contributed by atoms with Crippen molar-refractivity contribution in [1.29, 1.82) is 0 Å². The molecule has 0 saturated heterocycles. The van der Waals surface area contributed by atoms with Gasteiger partial charge < -0.3 is 5.11 Å². The molecule has 0 aliphatic carbocycles. The molecule has 1 N–H and O–H groups in total. The van der Waals surface area contributed by atoms with Gasteiger partial charge in [-0.3, -0.25) is 9.78 Å². The number of hydrogen-bond donors (Lipinski definition) is 1. The number of carbonyl (C=O) groups is 2. The van der Waals surface area contributed by atoms with E-state index < -0.39 is 5.97 Å². The summed E-state index contributed by atoms with van der Waals surface area (Å²) in [6.45, 7) is 0. The number of pyridine rings is 1. The number of aromatic carboxylic acids is 1. The molecular formula is C13H9NO3. The fraction of sp³-hybridized carbons (Fsp3) is 0. The lowest BCUT2D eigenvalue weighted by Crippen LogP contribution is -2.05. The van der Waals surface area contributed by atoms with Crippen molar-refractivity contribution in [1.82, 2.24) is 4.98 Å². The Balaban J connectivity index is 2.38. The molecular weight excluding hydrogens is 218 g/mol. The minimum Gasteiger partial charge on any atom is -0.478 e. The average molecular weight is 227 g/mol. The van der Waals surface area contributed by atoms with E-state index in [9.17, 15) is 9.59 Å². The molecule has 4 heteroatoms. The van der Waals surface area contributed by atoms with Crippen LogP contribution in [0.5, 0.6) is 0 Å². The van der Waals surface area contributed by atoms with E-state index in [0.29, 0.717) is 11.3 Å². The molecule has 0 fully saturated rings. The second-order valence-corrected chi connectivity index (χ2v) is 3.43. The number of carbonyl (C=O) groups excluding carboxylic acids is 1. The summed E-state index contributed by atoms with van der Waals surface area (Å²) in [6, 6.07) is 10.9. The summed E-state index contributed by atoms with van der Waals surface area (Å²) in [5.41, 5.74) is 0.713. The number of aromatic nitrogens is 1. The largest absolute Gasteiger partial charge is 0.478 e. The summed E-state index contributed by atoms with van der Waals surface area (Å²) in [7, 11) is 0. The van der Waals surface area contributed by atoms with Gasteiger partial charge in [-0.1, -0.05) is 18.2 Å². The van der Waals surface area contributed by atoms with Gasteiger partial charge in [-0.2, -0.15) is 0 Å². The van der Waals surface area contributed by atoms with E-state index >= 15 is 0 Å². The van der Waals surface area contributed by atoms with Gasteiger partial charge >= 0.3 is 5.97 Å². The van der Waals surface area contributed by atoms with Crippen molar-refractivity contribution in [2.75, 3.05) is 0 Å². The van der Waals surface area contributed by atoms with Crippen molar-refractivity contribution in [2.24, 2.45) is 0 Å². The summed E-state index contributed by atoms with van der Waals surface area (Å²) in [4.78, 5) is 26.7. The Morgan fingerprint density at radius 3 is 2.41 bits per heavy atom. The molecule has 2 rings (SSSR count). The van der Waals surface area contributed by atoms with E-state index in [1.54, 1.807) is 30.3 Å². The maximum absolute atomic E-state index is 12.0. The zero-order chi connectivity index (χ0) is 12.3. The van der Waals surface area contributed by atoms with Gasteiger partial charge in [0.2, 0.25) is 5.78 Å². The molecule has 1 aromatic carbocycles. The molecule has 0 atom stereocenters. The van der Waals surface area contributed by atoms with Gasteiger partial charge in [0.1, 0.15) is 5.69 Å². The summed E-state index contributed by atoms with van der Waals surface area (Å²) in [5.74, 6) is -1.34. The van der Waals surface area contributed by atoms with Crippen LogP contribution in [0.3, 0.4) is 0 Å². The van der Waals surface area contributed by atoms with Crippen LogP contribution in [-0.2, 0) is 0 Å². The highest BCUT2D eigenvalue weighted by Gasteiger charge is 2.12. The van der Waals surface area contributed by atoms with Crippen LogP contribution in [0.25, 0.3) is 0 Å². The molecule has 0 aliphatic rings. The molecule has 1 heterocycles. The Morgan fingerprint density at radius 1 is 1.00 bits per heavy atom. The molecule has 0 saturated carbocycles. The zero-order valence-corrected chi connectivity index (χ0v) is 8.83. The van der Waals surface area contributed by atoms with E-state index in [1.165, 1.54) is 18.3 Å². The third-order valence-corrected chi connectivity index (χ3v) is 2.27. The lowest BCUT2D eigenvalue weighted by molar-refractivity contribution is 0.0697. The maximum atomic E-state index is 12.0. The van der Waals surface area contributed by atoms with Crippen LogP contribution in [0.1, 0.15) is 26.4 Å². The number of ketones is 1. The highest BCUT2D eigenvalue weighted by Crippen LogP contribution is 2.10. The molecule has 0 unspecified atom stereocenters. The first-order valence-corrected chi connectivity index (χ1v) is 4.97. The summed E-state index contributed by atoms with van der Waals surface area (Å²) in [5, 5.41) is 8.83. The van der Waals surface area contributed by atoms with Gasteiger partial charge in [0, 0.05) is 11.8 Å². The quantitative estimate of drug-likeness (QED) is 0.814. The van der Waals surface area contributed by atoms with Crippen LogP contribution in [-0.4, -0.2) is 21.8 Å². The van der Waals surface area contributed by atoms with Crippen LogP contribution in [0.4, 0.5) is 0 Å². The third-order valence-electron chi connectivity index (χ3n) is 2.27. The number of carboxylic acid groups (broad SMARTS) is 1. The monoisotopic (exact) mass is 227 g/mol. The molecule has 0 spiro atoms. The predicted octanol–water partition coefficient (Wildman–Crippen LogP) is 2.01. The first-order chi connectivity index (χ1) is 8.18. The number of carboxylic acids is 1. The van der Waals surface area contributed by atoms with E-state index in [1.807, 2.05) is 0 Å². The van der Waals surface area contributed by atoms with Crippen LogP contribution in [0.2, 0.25) is 0 Å². The topological polar surface area (TPSA) is 67.3 Å². The van der Waals surface area contributed by atoms with Gasteiger partial charge in [-0.25, -0.2) is 4.79 Å². The molecule has 0 radical (unpaired) electrons. The fourth-order valence-electron chi connectivity index (χ4n) is 1.44. The zero-order valence-electron chi connectivity index (χ0n) is 8.83. The van der Waals surface area contributed by atoms with Crippen molar-refractivity contribution in [3.63, 3.8) is 0 Å². The lowest BCUT2D eigenvalue weighted by Gasteiger charge is -2.01. The Kier molecular flexibility index (Phi) is 2.96. The SMILES string of the molecule is O=C(O)c1cccc(C(=O)c2ccccn2)c1. The molecule has 1 aromatic heterocycles. The number of nitrogens with zero attached hydrogens (tertiary/aromatic N) is 1. The molecule has 2 aromatic rings. The Morgan fingerprint density at radius 2 is 1.76 bits per heavy atom. The average Bonchev–Trinajstić information content (AvgIpc) is 2.39. The summed E-state index contributed by atoms with van der Waals surface area (Å²) in [6.07, 6.45) is 1.52. The first-order valence-electron chi connectivity index (χ1n) is 4.97. The highest BCUT2D eigenvalue weighted by atomic mass is 16.4. The molecule has 4 nitrogen and oxygen atoms in total. The second-order valence-electron chi connectivity index (χ2n) is 3.43.